The van der Waals surface area contributed by atoms with Crippen LogP contribution in [0.3, 0.4) is 0 Å². The van der Waals surface area contributed by atoms with Gasteiger partial charge in [0.25, 0.3) is 0 Å². The van der Waals surface area contributed by atoms with Crippen LogP contribution in [0.25, 0.3) is 11.1 Å². The van der Waals surface area contributed by atoms with Crippen LogP contribution in [-0.2, 0) is 4.74 Å². The number of hydrogen-bond donors (Lipinski definition) is 0. The zero-order valence-corrected chi connectivity index (χ0v) is 14.4. The number of carbonyl (C=O) groups excluding carboxylic acids is 1. The van der Waals surface area contributed by atoms with Gasteiger partial charge in [0.2, 0.25) is 0 Å². The van der Waals surface area contributed by atoms with Crippen molar-refractivity contribution in [2.24, 2.45) is 0 Å². The van der Waals surface area contributed by atoms with E-state index in [1.807, 2.05) is 0 Å². The molecule has 0 aliphatic rings. The second kappa shape index (κ2) is 6.73. The van der Waals surface area contributed by atoms with E-state index in [0.717, 1.165) is 22.3 Å². The van der Waals surface area contributed by atoms with E-state index in [1.165, 1.54) is 12.7 Å². The minimum atomic E-state index is -0.425. The van der Waals surface area contributed by atoms with Crippen molar-refractivity contribution >= 4 is 5.97 Å². The maximum atomic E-state index is 11.8. The normalized spacial score (nSPS) is 10.3. The van der Waals surface area contributed by atoms with E-state index in [0.29, 0.717) is 17.1 Å². The number of rotatable bonds is 4. The third-order valence-corrected chi connectivity index (χ3v) is 3.85. The second-order valence-electron chi connectivity index (χ2n) is 5.52. The Bertz CT molecular complexity index is 699. The highest BCUT2D eigenvalue weighted by Crippen LogP contribution is 2.43. The topological polar surface area (TPSA) is 44.8 Å². The molecule has 0 saturated heterocycles. The third kappa shape index (κ3) is 3.16. The summed E-state index contributed by atoms with van der Waals surface area (Å²) in [5, 5.41) is 0. The van der Waals surface area contributed by atoms with E-state index in [1.54, 1.807) is 26.4 Å². The lowest BCUT2D eigenvalue weighted by molar-refractivity contribution is 0.0600. The Balaban J connectivity index is 2.79. The molecule has 4 nitrogen and oxygen atoms in total. The summed E-state index contributed by atoms with van der Waals surface area (Å²) in [6, 6.07) is 7.61. The standard InChI is InChI=1S/C19H22O4/c1-11-7-12(2)17(13(3)8-11)18-15(21-4)9-14(19(20)23-6)10-16(18)22-5/h7-10H,1-6H3. The van der Waals surface area contributed by atoms with Gasteiger partial charge in [0.1, 0.15) is 11.5 Å². The van der Waals surface area contributed by atoms with Crippen molar-refractivity contribution in [1.82, 2.24) is 0 Å². The molecule has 0 N–H and O–H groups in total. The van der Waals surface area contributed by atoms with Gasteiger partial charge in [-0.1, -0.05) is 17.7 Å². The van der Waals surface area contributed by atoms with Crippen molar-refractivity contribution in [2.45, 2.75) is 20.8 Å². The SMILES string of the molecule is COC(=O)c1cc(OC)c(-c2c(C)cc(C)cc2C)c(OC)c1. The predicted molar refractivity (Wildman–Crippen MR) is 90.5 cm³/mol. The van der Waals surface area contributed by atoms with Gasteiger partial charge in [-0.3, -0.25) is 0 Å². The van der Waals surface area contributed by atoms with E-state index in [2.05, 4.69) is 32.9 Å². The highest BCUT2D eigenvalue weighted by molar-refractivity contribution is 5.93. The molecule has 0 radical (unpaired) electrons. The molecule has 0 atom stereocenters. The molecule has 0 aliphatic heterocycles. The first-order valence-electron chi connectivity index (χ1n) is 7.35. The van der Waals surface area contributed by atoms with E-state index >= 15 is 0 Å². The monoisotopic (exact) mass is 314 g/mol. The Morgan fingerprint density at radius 3 is 1.65 bits per heavy atom. The van der Waals surface area contributed by atoms with E-state index in [4.69, 9.17) is 14.2 Å². The van der Waals surface area contributed by atoms with Gasteiger partial charge >= 0.3 is 5.97 Å². The van der Waals surface area contributed by atoms with Crippen LogP contribution in [0, 0.1) is 20.8 Å². The van der Waals surface area contributed by atoms with Gasteiger partial charge in [0, 0.05) is 0 Å². The summed E-state index contributed by atoms with van der Waals surface area (Å²) >= 11 is 0. The fourth-order valence-corrected chi connectivity index (χ4v) is 2.97. The summed E-state index contributed by atoms with van der Waals surface area (Å²) < 4.78 is 15.9. The zero-order valence-electron chi connectivity index (χ0n) is 14.4. The molecule has 2 aromatic rings. The zero-order chi connectivity index (χ0) is 17.1. The van der Waals surface area contributed by atoms with Crippen molar-refractivity contribution in [2.75, 3.05) is 21.3 Å². The number of benzene rings is 2. The van der Waals surface area contributed by atoms with Gasteiger partial charge in [-0.2, -0.15) is 0 Å². The predicted octanol–water partition coefficient (Wildman–Crippen LogP) is 4.08. The van der Waals surface area contributed by atoms with E-state index in [9.17, 15) is 4.79 Å². The number of hydrogen-bond acceptors (Lipinski definition) is 4. The molecule has 0 heterocycles. The minimum absolute atomic E-state index is 0.396. The number of aryl methyl sites for hydroxylation is 3. The van der Waals surface area contributed by atoms with Crippen LogP contribution in [0.1, 0.15) is 27.0 Å². The largest absolute Gasteiger partial charge is 0.496 e. The Morgan fingerprint density at radius 2 is 1.26 bits per heavy atom. The average molecular weight is 314 g/mol. The molecule has 4 heteroatoms. The number of carbonyl (C=O) groups is 1. The summed E-state index contributed by atoms with van der Waals surface area (Å²) in [5.74, 6) is 0.741. The summed E-state index contributed by atoms with van der Waals surface area (Å²) in [5.41, 5.74) is 5.76. The van der Waals surface area contributed by atoms with Crippen molar-refractivity contribution in [3.8, 4) is 22.6 Å². The first-order valence-corrected chi connectivity index (χ1v) is 7.35. The maximum Gasteiger partial charge on any atom is 0.338 e. The quantitative estimate of drug-likeness (QED) is 0.798. The summed E-state index contributed by atoms with van der Waals surface area (Å²) in [6.07, 6.45) is 0. The van der Waals surface area contributed by atoms with Crippen LogP contribution >= 0.6 is 0 Å². The molecule has 0 aliphatic carbocycles. The summed E-state index contributed by atoms with van der Waals surface area (Å²) in [7, 11) is 4.51. The molecule has 0 bridgehead atoms. The molecule has 0 unspecified atom stereocenters. The minimum Gasteiger partial charge on any atom is -0.496 e. The lowest BCUT2D eigenvalue weighted by Crippen LogP contribution is -2.04. The van der Waals surface area contributed by atoms with Gasteiger partial charge in [-0.15, -0.1) is 0 Å². The highest BCUT2D eigenvalue weighted by Gasteiger charge is 2.20. The first-order chi connectivity index (χ1) is 10.9. The fraction of sp³-hybridized carbons (Fsp3) is 0.316. The molecule has 122 valence electrons. The summed E-state index contributed by atoms with van der Waals surface area (Å²) in [6.45, 7) is 6.18. The third-order valence-electron chi connectivity index (χ3n) is 3.85. The lowest BCUT2D eigenvalue weighted by Gasteiger charge is -2.19. The second-order valence-corrected chi connectivity index (χ2v) is 5.52. The molecule has 0 spiro atoms. The van der Waals surface area contributed by atoms with Crippen molar-refractivity contribution in [1.29, 1.82) is 0 Å². The van der Waals surface area contributed by atoms with Gasteiger partial charge in [-0.25, -0.2) is 4.79 Å². The van der Waals surface area contributed by atoms with Crippen molar-refractivity contribution < 1.29 is 19.0 Å². The van der Waals surface area contributed by atoms with Crippen LogP contribution < -0.4 is 9.47 Å². The average Bonchev–Trinajstić information content (AvgIpc) is 2.52. The van der Waals surface area contributed by atoms with Gasteiger partial charge in [0.05, 0.1) is 32.5 Å². The maximum absolute atomic E-state index is 11.8. The highest BCUT2D eigenvalue weighted by atomic mass is 16.5. The Labute approximate surface area is 137 Å². The Kier molecular flexibility index (Phi) is 4.94. The number of ether oxygens (including phenoxy) is 3. The van der Waals surface area contributed by atoms with Gasteiger partial charge in [0.15, 0.2) is 0 Å². The van der Waals surface area contributed by atoms with Crippen LogP contribution in [0.5, 0.6) is 11.5 Å². The molecule has 0 fully saturated rings. The van der Waals surface area contributed by atoms with Crippen molar-refractivity contribution in [3.05, 3.63) is 46.5 Å². The Hall–Kier alpha value is -2.49. The number of esters is 1. The molecule has 23 heavy (non-hydrogen) atoms. The number of methoxy groups -OCH3 is 3. The van der Waals surface area contributed by atoms with E-state index in [-0.39, 0.29) is 0 Å². The molecule has 2 rings (SSSR count). The van der Waals surface area contributed by atoms with E-state index < -0.39 is 5.97 Å². The van der Waals surface area contributed by atoms with Crippen LogP contribution in [0.2, 0.25) is 0 Å². The molecular weight excluding hydrogens is 292 g/mol. The van der Waals surface area contributed by atoms with Crippen LogP contribution in [0.4, 0.5) is 0 Å². The van der Waals surface area contributed by atoms with Gasteiger partial charge < -0.3 is 14.2 Å². The molecule has 0 amide bonds. The molecule has 2 aromatic carbocycles. The van der Waals surface area contributed by atoms with Gasteiger partial charge in [-0.05, 0) is 49.6 Å². The lowest BCUT2D eigenvalue weighted by atomic mass is 9.91. The first kappa shape index (κ1) is 16.9. The summed E-state index contributed by atoms with van der Waals surface area (Å²) in [4.78, 5) is 11.8. The smallest absolute Gasteiger partial charge is 0.338 e. The van der Waals surface area contributed by atoms with Crippen LogP contribution in [-0.4, -0.2) is 27.3 Å². The fourth-order valence-electron chi connectivity index (χ4n) is 2.97. The molecule has 0 aromatic heterocycles. The molecule has 0 saturated carbocycles. The Morgan fingerprint density at radius 1 is 0.783 bits per heavy atom. The van der Waals surface area contributed by atoms with Crippen LogP contribution in [0.15, 0.2) is 24.3 Å². The van der Waals surface area contributed by atoms with Crippen molar-refractivity contribution in [3.63, 3.8) is 0 Å². The molecular formula is C19H22O4.